The van der Waals surface area contributed by atoms with Crippen LogP contribution in [0.15, 0.2) is 42.5 Å². The van der Waals surface area contributed by atoms with Crippen molar-refractivity contribution in [2.24, 2.45) is 0 Å². The third kappa shape index (κ3) is 3.58. The number of carbonyl (C=O) groups is 1. The van der Waals surface area contributed by atoms with E-state index in [1.807, 2.05) is 47.4 Å². The molecule has 0 spiro atoms. The zero-order valence-electron chi connectivity index (χ0n) is 14.5. The number of fused-ring (bicyclic) bond motifs is 1. The SMILES string of the molecule is O=C(Cc1ccc2c(c1)OCCO2)N1CCN(c2ccccc2Cl)CC1. The Labute approximate surface area is 158 Å². The molecule has 0 unspecified atom stereocenters. The minimum absolute atomic E-state index is 0.139. The topological polar surface area (TPSA) is 42.0 Å². The van der Waals surface area contributed by atoms with Gasteiger partial charge in [-0.25, -0.2) is 0 Å². The Morgan fingerprint density at radius 1 is 0.962 bits per heavy atom. The molecule has 5 nitrogen and oxygen atoms in total. The van der Waals surface area contributed by atoms with Crippen molar-refractivity contribution in [1.82, 2.24) is 4.90 Å². The van der Waals surface area contributed by atoms with Crippen molar-refractivity contribution >= 4 is 23.2 Å². The zero-order chi connectivity index (χ0) is 17.9. The van der Waals surface area contributed by atoms with Gasteiger partial charge >= 0.3 is 0 Å². The van der Waals surface area contributed by atoms with E-state index < -0.39 is 0 Å². The highest BCUT2D eigenvalue weighted by atomic mass is 35.5. The standard InChI is InChI=1S/C20H21ClN2O3/c21-16-3-1-2-4-17(16)22-7-9-23(10-8-22)20(24)14-15-5-6-18-19(13-15)26-12-11-25-18/h1-6,13H,7-12,14H2. The van der Waals surface area contributed by atoms with Crippen LogP contribution in [0.4, 0.5) is 5.69 Å². The summed E-state index contributed by atoms with van der Waals surface area (Å²) < 4.78 is 11.1. The molecule has 0 aromatic heterocycles. The van der Waals surface area contributed by atoms with Crippen molar-refractivity contribution in [1.29, 1.82) is 0 Å². The number of nitrogens with zero attached hydrogens (tertiary/aromatic N) is 2. The van der Waals surface area contributed by atoms with Gasteiger partial charge < -0.3 is 19.3 Å². The molecule has 2 aliphatic rings. The van der Waals surface area contributed by atoms with Gasteiger partial charge in [-0.05, 0) is 29.8 Å². The van der Waals surface area contributed by atoms with E-state index >= 15 is 0 Å². The highest BCUT2D eigenvalue weighted by Gasteiger charge is 2.23. The van der Waals surface area contributed by atoms with Gasteiger partial charge in [-0.1, -0.05) is 29.8 Å². The Bertz CT molecular complexity index is 803. The molecule has 2 heterocycles. The van der Waals surface area contributed by atoms with Gasteiger partial charge in [-0.3, -0.25) is 4.79 Å². The number of anilines is 1. The van der Waals surface area contributed by atoms with Gasteiger partial charge in [0, 0.05) is 26.2 Å². The van der Waals surface area contributed by atoms with Crippen LogP contribution in [0.25, 0.3) is 0 Å². The number of rotatable bonds is 3. The van der Waals surface area contributed by atoms with Crippen molar-refractivity contribution in [2.45, 2.75) is 6.42 Å². The second-order valence-corrected chi connectivity index (χ2v) is 6.88. The Morgan fingerprint density at radius 2 is 1.69 bits per heavy atom. The molecule has 2 aromatic carbocycles. The van der Waals surface area contributed by atoms with Crippen molar-refractivity contribution in [3.05, 3.63) is 53.1 Å². The third-order valence-corrected chi connectivity index (χ3v) is 5.11. The summed E-state index contributed by atoms with van der Waals surface area (Å²) in [5, 5.41) is 0.753. The number of ether oxygens (including phenoxy) is 2. The van der Waals surface area contributed by atoms with Gasteiger partial charge in [0.05, 0.1) is 17.1 Å². The van der Waals surface area contributed by atoms with Crippen LogP contribution in [-0.2, 0) is 11.2 Å². The zero-order valence-corrected chi connectivity index (χ0v) is 15.2. The average Bonchev–Trinajstić information content (AvgIpc) is 2.68. The number of carbonyl (C=O) groups excluding carboxylic acids is 1. The summed E-state index contributed by atoms with van der Waals surface area (Å²) >= 11 is 6.28. The molecule has 1 amide bonds. The average molecular weight is 373 g/mol. The largest absolute Gasteiger partial charge is 0.486 e. The fourth-order valence-corrected chi connectivity index (χ4v) is 3.64. The van der Waals surface area contributed by atoms with Gasteiger partial charge in [-0.15, -0.1) is 0 Å². The predicted octanol–water partition coefficient (Wildman–Crippen LogP) is 3.00. The number of para-hydroxylation sites is 1. The van der Waals surface area contributed by atoms with E-state index in [2.05, 4.69) is 4.90 Å². The fourth-order valence-electron chi connectivity index (χ4n) is 3.39. The van der Waals surface area contributed by atoms with Gasteiger partial charge in [-0.2, -0.15) is 0 Å². The van der Waals surface area contributed by atoms with Crippen LogP contribution in [0.1, 0.15) is 5.56 Å². The maximum Gasteiger partial charge on any atom is 0.227 e. The van der Waals surface area contributed by atoms with E-state index in [0.29, 0.717) is 32.7 Å². The summed E-state index contributed by atoms with van der Waals surface area (Å²) in [6, 6.07) is 13.6. The van der Waals surface area contributed by atoms with E-state index in [4.69, 9.17) is 21.1 Å². The maximum atomic E-state index is 12.7. The van der Waals surface area contributed by atoms with E-state index in [0.717, 1.165) is 40.9 Å². The van der Waals surface area contributed by atoms with Gasteiger partial charge in [0.15, 0.2) is 11.5 Å². The summed E-state index contributed by atoms with van der Waals surface area (Å²) in [6.45, 7) is 4.10. The van der Waals surface area contributed by atoms with Crippen molar-refractivity contribution in [2.75, 3.05) is 44.3 Å². The molecule has 4 rings (SSSR count). The number of amides is 1. The van der Waals surface area contributed by atoms with E-state index in [1.54, 1.807) is 0 Å². The molecule has 2 aliphatic heterocycles. The number of benzene rings is 2. The van der Waals surface area contributed by atoms with Crippen LogP contribution in [0.2, 0.25) is 5.02 Å². The highest BCUT2D eigenvalue weighted by molar-refractivity contribution is 6.33. The normalized spacial score (nSPS) is 16.5. The number of hydrogen-bond acceptors (Lipinski definition) is 4. The van der Waals surface area contributed by atoms with Crippen LogP contribution >= 0.6 is 11.6 Å². The summed E-state index contributed by atoms with van der Waals surface area (Å²) in [4.78, 5) is 16.8. The molecule has 1 fully saturated rings. The second-order valence-electron chi connectivity index (χ2n) is 6.47. The first-order valence-electron chi connectivity index (χ1n) is 8.86. The Morgan fingerprint density at radius 3 is 2.46 bits per heavy atom. The van der Waals surface area contributed by atoms with E-state index in [-0.39, 0.29) is 5.91 Å². The van der Waals surface area contributed by atoms with Crippen molar-refractivity contribution in [3.8, 4) is 11.5 Å². The van der Waals surface area contributed by atoms with E-state index in [9.17, 15) is 4.79 Å². The molecule has 0 saturated carbocycles. The number of halogens is 1. The molecule has 0 bridgehead atoms. The second kappa shape index (κ2) is 7.46. The van der Waals surface area contributed by atoms with Crippen LogP contribution in [-0.4, -0.2) is 50.2 Å². The van der Waals surface area contributed by atoms with Crippen LogP contribution in [0.5, 0.6) is 11.5 Å². The lowest BCUT2D eigenvalue weighted by molar-refractivity contribution is -0.130. The minimum atomic E-state index is 0.139. The van der Waals surface area contributed by atoms with Gasteiger partial charge in [0.25, 0.3) is 0 Å². The first kappa shape index (κ1) is 17.0. The van der Waals surface area contributed by atoms with E-state index in [1.165, 1.54) is 0 Å². The first-order chi connectivity index (χ1) is 12.7. The molecule has 0 atom stereocenters. The fraction of sp³-hybridized carbons (Fsp3) is 0.350. The predicted molar refractivity (Wildman–Crippen MR) is 101 cm³/mol. The van der Waals surface area contributed by atoms with Crippen LogP contribution < -0.4 is 14.4 Å². The molecule has 0 N–H and O–H groups in total. The molecule has 0 aliphatic carbocycles. The minimum Gasteiger partial charge on any atom is -0.486 e. The highest BCUT2D eigenvalue weighted by Crippen LogP contribution is 2.31. The molecular formula is C20H21ClN2O3. The maximum absolute atomic E-state index is 12.7. The quantitative estimate of drug-likeness (QED) is 0.830. The summed E-state index contributed by atoms with van der Waals surface area (Å²) in [7, 11) is 0. The monoisotopic (exact) mass is 372 g/mol. The van der Waals surface area contributed by atoms with Gasteiger partial charge in [0.2, 0.25) is 5.91 Å². The Hall–Kier alpha value is -2.40. The smallest absolute Gasteiger partial charge is 0.227 e. The summed E-state index contributed by atoms with van der Waals surface area (Å²) in [5.74, 6) is 1.62. The van der Waals surface area contributed by atoms with Crippen molar-refractivity contribution < 1.29 is 14.3 Å². The molecule has 136 valence electrons. The molecular weight excluding hydrogens is 352 g/mol. The van der Waals surface area contributed by atoms with Gasteiger partial charge in [0.1, 0.15) is 13.2 Å². The lowest BCUT2D eigenvalue weighted by Crippen LogP contribution is -2.49. The van der Waals surface area contributed by atoms with Crippen LogP contribution in [0, 0.1) is 0 Å². The number of piperazine rings is 1. The molecule has 26 heavy (non-hydrogen) atoms. The summed E-state index contributed by atoms with van der Waals surface area (Å²) in [5.41, 5.74) is 1.99. The van der Waals surface area contributed by atoms with Crippen LogP contribution in [0.3, 0.4) is 0 Å². The molecule has 6 heteroatoms. The lowest BCUT2D eigenvalue weighted by atomic mass is 10.1. The first-order valence-corrected chi connectivity index (χ1v) is 9.24. The third-order valence-electron chi connectivity index (χ3n) is 4.79. The Balaban J connectivity index is 1.36. The summed E-state index contributed by atoms with van der Waals surface area (Å²) in [6.07, 6.45) is 0.378. The number of hydrogen-bond donors (Lipinski definition) is 0. The lowest BCUT2D eigenvalue weighted by Gasteiger charge is -2.36. The Kier molecular flexibility index (Phi) is 4.89. The molecule has 1 saturated heterocycles. The molecule has 2 aromatic rings. The van der Waals surface area contributed by atoms with Crippen molar-refractivity contribution in [3.63, 3.8) is 0 Å². The molecule has 0 radical (unpaired) electrons.